The first-order valence-corrected chi connectivity index (χ1v) is 15.7. The summed E-state index contributed by atoms with van der Waals surface area (Å²) < 4.78 is 30.7. The summed E-state index contributed by atoms with van der Waals surface area (Å²) in [6.45, 7) is 8.96. The summed E-state index contributed by atoms with van der Waals surface area (Å²) in [6, 6.07) is 0. The molecular weight excluding hydrogens is 513 g/mol. The van der Waals surface area contributed by atoms with Crippen LogP contribution in [-0.4, -0.2) is 79.6 Å². The number of likely N-dealkylation sites (tertiary alicyclic amines) is 1. The Labute approximate surface area is 226 Å². The number of hydrogen-bond acceptors (Lipinski definition) is 7. The fourth-order valence-corrected chi connectivity index (χ4v) is 12.7. The number of ketones is 1. The maximum atomic E-state index is 17.5. The topological polar surface area (TPSA) is 76.1 Å². The summed E-state index contributed by atoms with van der Waals surface area (Å²) in [4.78, 5) is 28.7. The van der Waals surface area contributed by atoms with Crippen LogP contribution < -0.4 is 0 Å². The van der Waals surface area contributed by atoms with E-state index >= 15 is 4.39 Å². The summed E-state index contributed by atoms with van der Waals surface area (Å²) in [5.74, 6) is -1.78. The highest BCUT2D eigenvalue weighted by Crippen LogP contribution is 2.72. The maximum absolute atomic E-state index is 17.5. The second kappa shape index (κ2) is 7.65. The second-order valence-electron chi connectivity index (χ2n) is 13.1. The van der Waals surface area contributed by atoms with Gasteiger partial charge in [-0.1, -0.05) is 18.6 Å². The van der Waals surface area contributed by atoms with E-state index in [2.05, 4.69) is 0 Å². The van der Waals surface area contributed by atoms with Gasteiger partial charge in [-0.25, -0.2) is 4.39 Å². The highest BCUT2D eigenvalue weighted by molar-refractivity contribution is 8.19. The van der Waals surface area contributed by atoms with E-state index in [1.54, 1.807) is 12.2 Å². The Bertz CT molecular complexity index is 1130. The lowest BCUT2D eigenvalue weighted by molar-refractivity contribution is -0.248. The number of carbonyl (C=O) groups is 2. The Morgan fingerprint density at radius 3 is 2.57 bits per heavy atom. The molecule has 0 aromatic heterocycles. The van der Waals surface area contributed by atoms with Crippen LogP contribution in [0.3, 0.4) is 0 Å². The highest BCUT2D eigenvalue weighted by Gasteiger charge is 2.80. The number of ether oxygens (including phenoxy) is 2. The quantitative estimate of drug-likeness (QED) is 0.532. The molecule has 6 fully saturated rings. The Kier molecular flexibility index (Phi) is 5.20. The van der Waals surface area contributed by atoms with Gasteiger partial charge in [-0.3, -0.25) is 9.59 Å². The van der Waals surface area contributed by atoms with Gasteiger partial charge in [-0.2, -0.15) is 0 Å². The van der Waals surface area contributed by atoms with Crippen LogP contribution in [0.25, 0.3) is 0 Å². The standard InChI is InChI=1S/C28H36FNO5S2/c1-24(2)34-22-10-18-17-6-5-15-9-16(31)7-8-25(15,3)27(17,29)21(32)11-26(18,4)28(22,35-24)23(33)30-12-19-20(13-30)37-14-36-19/h7-9,17-22,32H,5-6,10-14H2,1-4H3/t17-,18-,19+,20?,21-,22+,25-,26-,27-,28-/m0/s1. The fraction of sp³-hybridized carbons (Fsp3) is 0.786. The van der Waals surface area contributed by atoms with Crippen molar-refractivity contribution in [1.29, 1.82) is 0 Å². The Morgan fingerprint density at radius 2 is 1.86 bits per heavy atom. The summed E-state index contributed by atoms with van der Waals surface area (Å²) in [7, 11) is 0. The molecule has 10 atom stereocenters. The number of amides is 1. The van der Waals surface area contributed by atoms with E-state index in [1.165, 1.54) is 6.08 Å². The molecule has 1 amide bonds. The average molecular weight is 550 g/mol. The van der Waals surface area contributed by atoms with Crippen LogP contribution in [0.5, 0.6) is 0 Å². The van der Waals surface area contributed by atoms with Gasteiger partial charge in [0.1, 0.15) is 0 Å². The van der Waals surface area contributed by atoms with E-state index in [-0.39, 0.29) is 24.0 Å². The minimum atomic E-state index is -1.94. The van der Waals surface area contributed by atoms with Crippen LogP contribution >= 0.6 is 23.5 Å². The summed E-state index contributed by atoms with van der Waals surface area (Å²) in [5.41, 5.74) is -4.27. The van der Waals surface area contributed by atoms with Crippen molar-refractivity contribution in [1.82, 2.24) is 4.90 Å². The van der Waals surface area contributed by atoms with Crippen LogP contribution in [0.4, 0.5) is 4.39 Å². The highest BCUT2D eigenvalue weighted by atomic mass is 32.2. The van der Waals surface area contributed by atoms with Crippen LogP contribution in [0.15, 0.2) is 23.8 Å². The van der Waals surface area contributed by atoms with E-state index < -0.39 is 46.0 Å². The molecule has 7 aliphatic rings. The normalized spacial score (nSPS) is 53.3. The molecule has 0 aromatic carbocycles. The molecule has 1 N–H and O–H groups in total. The van der Waals surface area contributed by atoms with Crippen molar-refractivity contribution < 1.29 is 28.6 Å². The molecular formula is C28H36FNO5S2. The molecule has 6 nitrogen and oxygen atoms in total. The molecule has 3 saturated heterocycles. The molecule has 3 aliphatic heterocycles. The second-order valence-corrected chi connectivity index (χ2v) is 15.9. The number of nitrogens with zero attached hydrogens (tertiary/aromatic N) is 1. The van der Waals surface area contributed by atoms with E-state index in [1.807, 2.05) is 56.1 Å². The maximum Gasteiger partial charge on any atom is 0.258 e. The molecule has 0 spiro atoms. The van der Waals surface area contributed by atoms with Crippen LogP contribution in [-0.2, 0) is 19.1 Å². The van der Waals surface area contributed by atoms with Crippen molar-refractivity contribution in [3.8, 4) is 0 Å². The van der Waals surface area contributed by atoms with E-state index in [4.69, 9.17) is 9.47 Å². The Hall–Kier alpha value is -0.870. The third kappa shape index (κ3) is 2.96. The lowest BCUT2D eigenvalue weighted by Gasteiger charge is -2.62. The first-order chi connectivity index (χ1) is 17.4. The van der Waals surface area contributed by atoms with E-state index in [9.17, 15) is 14.7 Å². The zero-order valence-electron chi connectivity index (χ0n) is 21.9. The lowest BCUT2D eigenvalue weighted by Crippen LogP contribution is -2.70. The number of halogens is 1. The molecule has 3 heterocycles. The predicted octanol–water partition coefficient (Wildman–Crippen LogP) is 3.87. The molecule has 37 heavy (non-hydrogen) atoms. The van der Waals surface area contributed by atoms with Gasteiger partial charge in [0.15, 0.2) is 22.8 Å². The average Bonchev–Trinajstić information content (AvgIpc) is 3.54. The van der Waals surface area contributed by atoms with Crippen LogP contribution in [0.1, 0.15) is 53.4 Å². The number of hydrogen-bond donors (Lipinski definition) is 1. The van der Waals surface area contributed by atoms with Gasteiger partial charge >= 0.3 is 0 Å². The number of carbonyl (C=O) groups excluding carboxylic acids is 2. The third-order valence-electron chi connectivity index (χ3n) is 11.0. The van der Waals surface area contributed by atoms with Gasteiger partial charge < -0.3 is 19.5 Å². The van der Waals surface area contributed by atoms with Gasteiger partial charge in [0, 0.05) is 45.4 Å². The predicted molar refractivity (Wildman–Crippen MR) is 141 cm³/mol. The molecule has 0 radical (unpaired) electrons. The SMILES string of the molecule is CC1(C)O[C@@H]2C[C@H]3[C@@H]4CCC5=CC(=O)C=C[C@]5(C)[C@@]4(F)[C@@H](O)C[C@]3(C)[C@]2(C(=O)N2CC3SCS[C@@H]3C2)O1. The Morgan fingerprint density at radius 1 is 1.16 bits per heavy atom. The number of alkyl halides is 1. The van der Waals surface area contributed by atoms with Crippen molar-refractivity contribution in [2.24, 2.45) is 22.7 Å². The third-order valence-corrected chi connectivity index (χ3v) is 14.1. The van der Waals surface area contributed by atoms with Crippen molar-refractivity contribution in [2.45, 2.75) is 93.1 Å². The molecule has 1 unspecified atom stereocenters. The van der Waals surface area contributed by atoms with Gasteiger partial charge in [-0.15, -0.1) is 23.5 Å². The van der Waals surface area contributed by atoms with Crippen LogP contribution in [0, 0.1) is 22.7 Å². The van der Waals surface area contributed by atoms with Crippen molar-refractivity contribution >= 4 is 35.2 Å². The number of thioether (sulfide) groups is 2. The van der Waals surface area contributed by atoms with Gasteiger partial charge in [0.2, 0.25) is 0 Å². The molecule has 3 saturated carbocycles. The summed E-state index contributed by atoms with van der Waals surface area (Å²) in [5, 5.41) is 13.7. The fourth-order valence-electron chi connectivity index (χ4n) is 9.36. The largest absolute Gasteiger partial charge is 0.390 e. The zero-order chi connectivity index (χ0) is 26.2. The van der Waals surface area contributed by atoms with E-state index in [0.717, 1.165) is 10.7 Å². The molecule has 4 aliphatic carbocycles. The lowest BCUT2D eigenvalue weighted by atomic mass is 9.44. The number of fused-ring (bicyclic) bond motifs is 8. The van der Waals surface area contributed by atoms with Gasteiger partial charge in [0.25, 0.3) is 5.91 Å². The first-order valence-electron chi connectivity index (χ1n) is 13.6. The van der Waals surface area contributed by atoms with Crippen LogP contribution in [0.2, 0.25) is 0 Å². The first kappa shape index (κ1) is 25.1. The smallest absolute Gasteiger partial charge is 0.258 e. The monoisotopic (exact) mass is 549 g/mol. The number of aliphatic hydroxyl groups is 1. The summed E-state index contributed by atoms with van der Waals surface area (Å²) in [6.07, 6.45) is 4.64. The van der Waals surface area contributed by atoms with Gasteiger partial charge in [0.05, 0.1) is 12.2 Å². The van der Waals surface area contributed by atoms with E-state index in [0.29, 0.717) is 42.9 Å². The molecule has 202 valence electrons. The van der Waals surface area contributed by atoms with Crippen molar-refractivity contribution in [3.05, 3.63) is 23.8 Å². The minimum absolute atomic E-state index is 0.0481. The van der Waals surface area contributed by atoms with Gasteiger partial charge in [-0.05, 0) is 64.5 Å². The summed E-state index contributed by atoms with van der Waals surface area (Å²) >= 11 is 3.84. The Balaban J connectivity index is 1.30. The number of allylic oxidation sites excluding steroid dienone is 4. The minimum Gasteiger partial charge on any atom is -0.390 e. The molecule has 0 aromatic rings. The molecule has 7 rings (SSSR count). The van der Waals surface area contributed by atoms with Crippen molar-refractivity contribution in [2.75, 3.05) is 18.2 Å². The molecule has 0 bridgehead atoms. The van der Waals surface area contributed by atoms with Crippen molar-refractivity contribution in [3.63, 3.8) is 0 Å². The number of aliphatic hydroxyl groups excluding tert-OH is 1. The molecule has 9 heteroatoms. The number of rotatable bonds is 1. The zero-order valence-corrected chi connectivity index (χ0v) is 23.5.